The van der Waals surface area contributed by atoms with Crippen LogP contribution in [0, 0.1) is 0 Å². The van der Waals surface area contributed by atoms with Crippen molar-refractivity contribution in [2.45, 2.75) is 143 Å². The van der Waals surface area contributed by atoms with Gasteiger partial charge in [0.2, 0.25) is 0 Å². The first-order chi connectivity index (χ1) is 36.6. The van der Waals surface area contributed by atoms with Gasteiger partial charge in [-0.3, -0.25) is 0 Å². The van der Waals surface area contributed by atoms with Crippen molar-refractivity contribution < 1.29 is 0 Å². The van der Waals surface area contributed by atoms with Crippen molar-refractivity contribution in [3.05, 3.63) is 131 Å². The zero-order valence-electron chi connectivity index (χ0n) is 43.2. The minimum Gasteiger partial charge on any atom is -0.339 e. The number of nitrogens with zero attached hydrogens (tertiary/aromatic N) is 3. The Morgan fingerprint density at radius 3 is 1.32 bits per heavy atom. The summed E-state index contributed by atoms with van der Waals surface area (Å²) in [5.74, 6) is 0. The molecule has 0 aliphatic heterocycles. The molecule has 3 nitrogen and oxygen atoms in total. The summed E-state index contributed by atoms with van der Waals surface area (Å²) < 4.78 is 5.49. The molecule has 0 atom stereocenters. The van der Waals surface area contributed by atoms with Crippen LogP contribution in [0.15, 0.2) is 120 Å². The van der Waals surface area contributed by atoms with Gasteiger partial charge in [-0.15, -0.1) is 79.4 Å². The molecule has 0 spiro atoms. The second kappa shape index (κ2) is 24.6. The van der Waals surface area contributed by atoms with Gasteiger partial charge in [0.1, 0.15) is 11.0 Å². The average molecular weight is 1100 g/mol. The summed E-state index contributed by atoms with van der Waals surface area (Å²) in [6.45, 7) is 7.96. The van der Waals surface area contributed by atoms with Crippen molar-refractivity contribution in [2.24, 2.45) is 0 Å². The van der Waals surface area contributed by atoms with Gasteiger partial charge >= 0.3 is 0 Å². The predicted octanol–water partition coefficient (Wildman–Crippen LogP) is 23.2. The smallest absolute Gasteiger partial charge is 0.110 e. The lowest BCUT2D eigenvalue weighted by atomic mass is 9.97. The quantitative estimate of drug-likeness (QED) is 0.0506. The second-order valence-corrected chi connectivity index (χ2v) is 27.1. The Morgan fingerprint density at radius 1 is 0.378 bits per heavy atom. The van der Waals surface area contributed by atoms with Crippen molar-refractivity contribution in [1.29, 1.82) is 0 Å². The molecule has 0 bridgehead atoms. The number of fused-ring (bicyclic) bond motifs is 4. The molecule has 0 fully saturated rings. The maximum atomic E-state index is 5.89. The van der Waals surface area contributed by atoms with Gasteiger partial charge in [-0.2, -0.15) is 0 Å². The van der Waals surface area contributed by atoms with Gasteiger partial charge in [-0.05, 0) is 115 Å². The molecule has 0 unspecified atom stereocenters. The standard InChI is InChI=1S/C64H67N3S7/c1-4-7-10-13-15-17-24-43-26-20-28-45(39-43)57-58(46-29-21-27-44(40-46)25-18-16-14-11-8-5-2)66-60-59(65-57)63(53-34-32-51(70-53)49-30-22-37-68-49)74-64(60)54-35-33-52(71-54)56-42-48-62(73-56)61-47(67(48)36-19-12-9-6-3)41-55(72-61)50-31-23-38-69-50/h20-23,26-35,37-42H,4-19,24-25,36H2,1-3H3. The zero-order valence-corrected chi connectivity index (χ0v) is 48.9. The Bertz CT molecular complexity index is 3550. The molecule has 9 heterocycles. The number of aromatic nitrogens is 3. The third kappa shape index (κ3) is 11.4. The second-order valence-electron chi connectivity index (χ2n) is 20.0. The minimum atomic E-state index is 0.981. The molecule has 11 rings (SSSR count). The van der Waals surface area contributed by atoms with Crippen LogP contribution in [0.2, 0.25) is 0 Å². The molecule has 11 aromatic rings. The number of rotatable bonds is 26. The first-order valence-corrected chi connectivity index (χ1v) is 33.3. The highest BCUT2D eigenvalue weighted by atomic mass is 32.1. The van der Waals surface area contributed by atoms with Crippen LogP contribution in [0.1, 0.15) is 135 Å². The zero-order chi connectivity index (χ0) is 50.2. The van der Waals surface area contributed by atoms with Gasteiger partial charge in [0, 0.05) is 56.7 Å². The Balaban J connectivity index is 1.02. The van der Waals surface area contributed by atoms with Gasteiger partial charge in [0.15, 0.2) is 0 Å². The van der Waals surface area contributed by atoms with E-state index < -0.39 is 0 Å². The first kappa shape index (κ1) is 51.6. The molecule has 0 aliphatic rings. The molecule has 0 radical (unpaired) electrons. The molecular weight excluding hydrogens is 1040 g/mol. The molecule has 0 aliphatic carbocycles. The molecule has 0 amide bonds. The van der Waals surface area contributed by atoms with E-state index in [4.69, 9.17) is 9.97 Å². The number of hydrogen-bond donors (Lipinski definition) is 0. The lowest BCUT2D eigenvalue weighted by Crippen LogP contribution is -1.97. The summed E-state index contributed by atoms with van der Waals surface area (Å²) in [5, 5.41) is 4.38. The van der Waals surface area contributed by atoms with E-state index in [9.17, 15) is 0 Å². The number of aryl methyl sites for hydroxylation is 3. The Kier molecular flexibility index (Phi) is 17.2. The topological polar surface area (TPSA) is 30.7 Å². The van der Waals surface area contributed by atoms with E-state index in [0.29, 0.717) is 0 Å². The molecule has 2 aromatic carbocycles. The highest BCUT2D eigenvalue weighted by Gasteiger charge is 2.26. The van der Waals surface area contributed by atoms with Crippen LogP contribution < -0.4 is 0 Å². The molecule has 0 saturated carbocycles. The van der Waals surface area contributed by atoms with E-state index in [-0.39, 0.29) is 0 Å². The van der Waals surface area contributed by atoms with Crippen LogP contribution in [0.5, 0.6) is 0 Å². The summed E-state index contributed by atoms with van der Waals surface area (Å²) in [6.07, 6.45) is 22.7. The van der Waals surface area contributed by atoms with E-state index in [1.165, 1.54) is 183 Å². The van der Waals surface area contributed by atoms with E-state index in [1.807, 2.05) is 79.4 Å². The summed E-state index contributed by atoms with van der Waals surface area (Å²) in [4.78, 5) is 24.7. The fourth-order valence-corrected chi connectivity index (χ4v) is 18.1. The summed E-state index contributed by atoms with van der Waals surface area (Å²) in [6, 6.07) is 41.7. The van der Waals surface area contributed by atoms with Gasteiger partial charge in [0.25, 0.3) is 0 Å². The van der Waals surface area contributed by atoms with E-state index in [1.54, 1.807) is 0 Å². The van der Waals surface area contributed by atoms with Crippen LogP contribution in [0.3, 0.4) is 0 Å². The number of thiophene rings is 7. The van der Waals surface area contributed by atoms with Crippen molar-refractivity contribution in [2.75, 3.05) is 0 Å². The maximum Gasteiger partial charge on any atom is 0.110 e. The molecule has 9 aromatic heterocycles. The summed E-state index contributed by atoms with van der Waals surface area (Å²) >= 11 is 13.3. The van der Waals surface area contributed by atoms with Crippen LogP contribution in [-0.4, -0.2) is 14.5 Å². The first-order valence-electron chi connectivity index (χ1n) is 27.4. The number of unbranched alkanes of at least 4 members (excludes halogenated alkanes) is 13. The lowest BCUT2D eigenvalue weighted by Gasteiger charge is -2.13. The fourth-order valence-electron chi connectivity index (χ4n) is 10.5. The van der Waals surface area contributed by atoms with Gasteiger partial charge in [-0.1, -0.05) is 153 Å². The van der Waals surface area contributed by atoms with Crippen LogP contribution in [0.4, 0.5) is 0 Å². The van der Waals surface area contributed by atoms with Gasteiger partial charge < -0.3 is 4.57 Å². The third-order valence-corrected chi connectivity index (χ3v) is 22.9. The van der Waals surface area contributed by atoms with Crippen molar-refractivity contribution in [1.82, 2.24) is 14.5 Å². The van der Waals surface area contributed by atoms with Crippen LogP contribution in [0.25, 0.3) is 103 Å². The molecule has 74 heavy (non-hydrogen) atoms. The van der Waals surface area contributed by atoms with Crippen molar-refractivity contribution in [3.63, 3.8) is 0 Å². The molecule has 0 saturated heterocycles. The molecule has 0 N–H and O–H groups in total. The monoisotopic (exact) mass is 1100 g/mol. The van der Waals surface area contributed by atoms with Crippen LogP contribution >= 0.6 is 79.4 Å². The highest BCUT2D eigenvalue weighted by molar-refractivity contribution is 7.33. The lowest BCUT2D eigenvalue weighted by molar-refractivity contribution is 0.602. The SMILES string of the molecule is CCCCCCCCc1cccc(-c2nc3c(-c4ccc(-c5cccs5)s4)sc(-c4ccc(-c5cc6c(s5)c5sc(-c7cccs7)cc5n6CCCCCC)s4)c3nc2-c2cccc(CCCCCCCC)c2)c1. The Morgan fingerprint density at radius 2 is 0.824 bits per heavy atom. The molecule has 380 valence electrons. The minimum absolute atomic E-state index is 0.981. The molecular formula is C64H67N3S7. The van der Waals surface area contributed by atoms with Crippen LogP contribution in [-0.2, 0) is 19.4 Å². The van der Waals surface area contributed by atoms with Crippen molar-refractivity contribution >= 4 is 111 Å². The number of hydrogen-bond acceptors (Lipinski definition) is 9. The van der Waals surface area contributed by atoms with E-state index >= 15 is 0 Å². The predicted molar refractivity (Wildman–Crippen MR) is 334 cm³/mol. The normalized spacial score (nSPS) is 11.9. The Hall–Kier alpha value is -4.52. The van der Waals surface area contributed by atoms with E-state index in [2.05, 4.69) is 145 Å². The van der Waals surface area contributed by atoms with Crippen molar-refractivity contribution in [3.8, 4) is 71.3 Å². The Labute approximate surface area is 466 Å². The summed E-state index contributed by atoms with van der Waals surface area (Å²) in [5.41, 5.74) is 11.8. The van der Waals surface area contributed by atoms with Gasteiger partial charge in [-0.25, -0.2) is 9.97 Å². The third-order valence-electron chi connectivity index (χ3n) is 14.4. The number of benzene rings is 2. The maximum absolute atomic E-state index is 5.89. The molecule has 10 heteroatoms. The van der Waals surface area contributed by atoms with E-state index in [0.717, 1.165) is 52.9 Å². The fraction of sp³-hybridized carbons (Fsp3) is 0.344. The highest BCUT2D eigenvalue weighted by Crippen LogP contribution is 2.52. The van der Waals surface area contributed by atoms with Gasteiger partial charge in [0.05, 0.1) is 41.6 Å². The average Bonchev–Trinajstić information content (AvgIpc) is 4.30. The summed E-state index contributed by atoms with van der Waals surface area (Å²) in [7, 11) is 0. The largest absolute Gasteiger partial charge is 0.339 e.